The van der Waals surface area contributed by atoms with Gasteiger partial charge in [-0.25, -0.2) is 0 Å². The molecule has 2 aromatic rings. The van der Waals surface area contributed by atoms with E-state index in [4.69, 9.17) is 11.6 Å². The number of hydrogen-bond acceptors (Lipinski definition) is 2. The van der Waals surface area contributed by atoms with Crippen molar-refractivity contribution in [3.8, 4) is 0 Å². The molecule has 0 radical (unpaired) electrons. The Labute approximate surface area is 123 Å². The third-order valence-electron chi connectivity index (χ3n) is 2.48. The van der Waals surface area contributed by atoms with Crippen LogP contribution >= 0.6 is 38.9 Å². The Morgan fingerprint density at radius 2 is 2.06 bits per heavy atom. The van der Waals surface area contributed by atoms with Crippen molar-refractivity contribution >= 4 is 44.8 Å². The summed E-state index contributed by atoms with van der Waals surface area (Å²) in [6, 6.07) is 11.5. The van der Waals surface area contributed by atoms with Crippen molar-refractivity contribution in [3.05, 3.63) is 57.2 Å². The zero-order valence-corrected chi connectivity index (χ0v) is 12.6. The summed E-state index contributed by atoms with van der Waals surface area (Å²) in [6.07, 6.45) is 0. The fraction of sp³-hybridized carbons (Fsp3) is 0.154. The predicted octanol–water partition coefficient (Wildman–Crippen LogP) is 4.27. The molecule has 5 heteroatoms. The minimum Gasteiger partial charge on any atom is -0.344 e. The van der Waals surface area contributed by atoms with E-state index in [9.17, 15) is 4.79 Å². The summed E-state index contributed by atoms with van der Waals surface area (Å²) in [6.45, 7) is 0. The lowest BCUT2D eigenvalue weighted by molar-refractivity contribution is 0.0945. The standard InChI is InChI=1S/C13H11BrClNOS/c14-8-11(9-4-2-1-3-5-9)16-13(17)12-10(15)6-7-18-12/h1-7,11H,8H2,(H,16,17). The number of benzene rings is 1. The van der Waals surface area contributed by atoms with Gasteiger partial charge in [0.05, 0.1) is 11.1 Å². The van der Waals surface area contributed by atoms with Crippen molar-refractivity contribution < 1.29 is 4.79 Å². The Hall–Kier alpha value is -0.840. The molecule has 1 amide bonds. The number of rotatable bonds is 4. The summed E-state index contributed by atoms with van der Waals surface area (Å²) in [4.78, 5) is 12.6. The van der Waals surface area contributed by atoms with Crippen molar-refractivity contribution in [2.75, 3.05) is 5.33 Å². The quantitative estimate of drug-likeness (QED) is 0.825. The molecule has 0 aliphatic heterocycles. The van der Waals surface area contributed by atoms with Gasteiger partial charge in [0.25, 0.3) is 5.91 Å². The SMILES string of the molecule is O=C(NC(CBr)c1ccccc1)c1sccc1Cl. The number of thiophene rings is 1. The van der Waals surface area contributed by atoms with Crippen LogP contribution in [-0.4, -0.2) is 11.2 Å². The highest BCUT2D eigenvalue weighted by Crippen LogP contribution is 2.23. The number of nitrogens with one attached hydrogen (secondary N) is 1. The second kappa shape index (κ2) is 6.36. The molecule has 0 aliphatic rings. The average molecular weight is 345 g/mol. The van der Waals surface area contributed by atoms with Crippen LogP contribution in [0.25, 0.3) is 0 Å². The first kappa shape index (κ1) is 13.6. The molecule has 0 aliphatic carbocycles. The summed E-state index contributed by atoms with van der Waals surface area (Å²) in [5.41, 5.74) is 1.07. The fourth-order valence-electron chi connectivity index (χ4n) is 1.58. The molecule has 1 heterocycles. The van der Waals surface area contributed by atoms with Crippen molar-refractivity contribution in [2.24, 2.45) is 0 Å². The van der Waals surface area contributed by atoms with Crippen LogP contribution in [-0.2, 0) is 0 Å². The predicted molar refractivity (Wildman–Crippen MR) is 79.8 cm³/mol. The van der Waals surface area contributed by atoms with Crippen molar-refractivity contribution in [2.45, 2.75) is 6.04 Å². The minimum absolute atomic E-state index is 0.0585. The van der Waals surface area contributed by atoms with Crippen LogP contribution in [0.1, 0.15) is 21.3 Å². The molecule has 1 unspecified atom stereocenters. The molecule has 18 heavy (non-hydrogen) atoms. The molecule has 2 rings (SSSR count). The van der Waals surface area contributed by atoms with Gasteiger partial charge in [0.1, 0.15) is 4.88 Å². The Bertz CT molecular complexity index is 529. The van der Waals surface area contributed by atoms with Crippen molar-refractivity contribution in [1.82, 2.24) is 5.32 Å². The Morgan fingerprint density at radius 3 is 2.61 bits per heavy atom. The average Bonchev–Trinajstić information content (AvgIpc) is 2.83. The second-order valence-corrected chi connectivity index (χ2v) is 5.66. The molecule has 0 bridgehead atoms. The summed E-state index contributed by atoms with van der Waals surface area (Å²) in [5.74, 6) is -0.136. The van der Waals surface area contributed by atoms with Crippen molar-refractivity contribution in [1.29, 1.82) is 0 Å². The van der Waals surface area contributed by atoms with E-state index >= 15 is 0 Å². The van der Waals surface area contributed by atoms with Gasteiger partial charge in [-0.2, -0.15) is 0 Å². The largest absolute Gasteiger partial charge is 0.344 e. The topological polar surface area (TPSA) is 29.1 Å². The Kier molecular flexibility index (Phi) is 4.80. The summed E-state index contributed by atoms with van der Waals surface area (Å²) >= 11 is 10.7. The maximum absolute atomic E-state index is 12.1. The van der Waals surface area contributed by atoms with E-state index in [1.165, 1.54) is 11.3 Å². The van der Waals surface area contributed by atoms with Crippen LogP contribution in [0.3, 0.4) is 0 Å². The molecule has 0 saturated heterocycles. The molecule has 0 saturated carbocycles. The maximum Gasteiger partial charge on any atom is 0.263 e. The third kappa shape index (κ3) is 3.13. The van der Waals surface area contributed by atoms with E-state index in [1.807, 2.05) is 35.7 Å². The first-order valence-electron chi connectivity index (χ1n) is 5.37. The summed E-state index contributed by atoms with van der Waals surface area (Å²) < 4.78 is 0. The van der Waals surface area contributed by atoms with Crippen LogP contribution in [0.2, 0.25) is 5.02 Å². The smallest absolute Gasteiger partial charge is 0.263 e. The van der Waals surface area contributed by atoms with Gasteiger partial charge in [0, 0.05) is 5.33 Å². The van der Waals surface area contributed by atoms with Gasteiger partial charge in [-0.1, -0.05) is 57.9 Å². The monoisotopic (exact) mass is 343 g/mol. The zero-order chi connectivity index (χ0) is 13.0. The first-order valence-corrected chi connectivity index (χ1v) is 7.75. The highest BCUT2D eigenvalue weighted by molar-refractivity contribution is 9.09. The minimum atomic E-state index is -0.136. The maximum atomic E-state index is 12.1. The van der Waals surface area contributed by atoms with Gasteiger partial charge < -0.3 is 5.32 Å². The summed E-state index contributed by atoms with van der Waals surface area (Å²) in [5, 5.41) is 5.93. The lowest BCUT2D eigenvalue weighted by Gasteiger charge is -2.16. The lowest BCUT2D eigenvalue weighted by atomic mass is 10.1. The molecular formula is C13H11BrClNOS. The van der Waals surface area contributed by atoms with Gasteiger partial charge in [-0.3, -0.25) is 4.79 Å². The third-order valence-corrected chi connectivity index (χ3v) is 4.47. The second-order valence-electron chi connectivity index (χ2n) is 3.69. The molecule has 94 valence electrons. The number of carbonyl (C=O) groups excluding carboxylic acids is 1. The molecule has 1 N–H and O–H groups in total. The van der Waals surface area contributed by atoms with E-state index < -0.39 is 0 Å². The Balaban J connectivity index is 2.13. The van der Waals surface area contributed by atoms with Gasteiger partial charge in [0.15, 0.2) is 0 Å². The molecule has 0 spiro atoms. The molecule has 2 nitrogen and oxygen atoms in total. The van der Waals surface area contributed by atoms with Crippen LogP contribution in [0.15, 0.2) is 41.8 Å². The summed E-state index contributed by atoms with van der Waals surface area (Å²) in [7, 11) is 0. The van der Waals surface area contributed by atoms with Gasteiger partial charge in [-0.15, -0.1) is 11.3 Å². The molecule has 0 fully saturated rings. The van der Waals surface area contributed by atoms with E-state index in [0.29, 0.717) is 15.2 Å². The molecule has 1 aromatic heterocycles. The van der Waals surface area contributed by atoms with E-state index in [-0.39, 0.29) is 11.9 Å². The molecular weight excluding hydrogens is 334 g/mol. The fourth-order valence-corrected chi connectivity index (χ4v) is 3.16. The number of carbonyl (C=O) groups is 1. The number of hydrogen-bond donors (Lipinski definition) is 1. The van der Waals surface area contributed by atoms with Crippen molar-refractivity contribution in [3.63, 3.8) is 0 Å². The Morgan fingerprint density at radius 1 is 1.33 bits per heavy atom. The normalized spacial score (nSPS) is 12.1. The van der Waals surface area contributed by atoms with Gasteiger partial charge in [0.2, 0.25) is 0 Å². The highest BCUT2D eigenvalue weighted by atomic mass is 79.9. The van der Waals surface area contributed by atoms with Crippen LogP contribution < -0.4 is 5.32 Å². The van der Waals surface area contributed by atoms with Gasteiger partial charge in [-0.05, 0) is 17.0 Å². The number of halogens is 2. The van der Waals surface area contributed by atoms with Gasteiger partial charge >= 0.3 is 0 Å². The first-order chi connectivity index (χ1) is 8.72. The van der Waals surface area contributed by atoms with Crippen LogP contribution in [0.4, 0.5) is 0 Å². The van der Waals surface area contributed by atoms with E-state index in [2.05, 4.69) is 21.2 Å². The number of alkyl halides is 1. The van der Waals surface area contributed by atoms with Crippen LogP contribution in [0, 0.1) is 0 Å². The molecule has 1 aromatic carbocycles. The van der Waals surface area contributed by atoms with E-state index in [0.717, 1.165) is 5.56 Å². The number of amides is 1. The highest BCUT2D eigenvalue weighted by Gasteiger charge is 2.17. The zero-order valence-electron chi connectivity index (χ0n) is 9.40. The lowest BCUT2D eigenvalue weighted by Crippen LogP contribution is -2.29. The van der Waals surface area contributed by atoms with Crippen LogP contribution in [0.5, 0.6) is 0 Å². The molecule has 1 atom stereocenters. The van der Waals surface area contributed by atoms with E-state index in [1.54, 1.807) is 6.07 Å².